The van der Waals surface area contributed by atoms with Crippen LogP contribution in [-0.2, 0) is 11.3 Å². The van der Waals surface area contributed by atoms with Crippen LogP contribution in [0.1, 0.15) is 31.1 Å². The van der Waals surface area contributed by atoms with Gasteiger partial charge in [-0.3, -0.25) is 9.69 Å². The van der Waals surface area contributed by atoms with Gasteiger partial charge in [-0.05, 0) is 37.9 Å². The molecule has 0 radical (unpaired) electrons. The highest BCUT2D eigenvalue weighted by atomic mass is 32.1. The summed E-state index contributed by atoms with van der Waals surface area (Å²) < 4.78 is 5.31. The van der Waals surface area contributed by atoms with Gasteiger partial charge in [0.15, 0.2) is 0 Å². The minimum atomic E-state index is -0.129. The van der Waals surface area contributed by atoms with Gasteiger partial charge in [-0.15, -0.1) is 11.3 Å². The third-order valence-corrected chi connectivity index (χ3v) is 6.81. The van der Waals surface area contributed by atoms with Gasteiger partial charge in [-0.2, -0.15) is 0 Å². The molecule has 1 unspecified atom stereocenters. The fraction of sp³-hybridized carbons (Fsp3) is 0.524. The normalized spacial score (nSPS) is 22.9. The number of benzene rings is 1. The van der Waals surface area contributed by atoms with E-state index < -0.39 is 0 Å². The highest BCUT2D eigenvalue weighted by Crippen LogP contribution is 2.41. The summed E-state index contributed by atoms with van der Waals surface area (Å²) in [5.41, 5.74) is 0.958. The van der Waals surface area contributed by atoms with Crippen LogP contribution in [0, 0.1) is 5.41 Å². The van der Waals surface area contributed by atoms with E-state index in [0.717, 1.165) is 68.3 Å². The summed E-state index contributed by atoms with van der Waals surface area (Å²) in [4.78, 5) is 23.2. The number of hydrogen-bond donors (Lipinski definition) is 0. The zero-order valence-electron chi connectivity index (χ0n) is 16.1. The Morgan fingerprint density at radius 3 is 2.96 bits per heavy atom. The second kappa shape index (κ2) is 7.60. The fourth-order valence-corrected chi connectivity index (χ4v) is 5.29. The van der Waals surface area contributed by atoms with Crippen LogP contribution in [-0.4, -0.2) is 54.0 Å². The van der Waals surface area contributed by atoms with Gasteiger partial charge < -0.3 is 9.64 Å². The lowest BCUT2D eigenvalue weighted by Crippen LogP contribution is -2.37. The van der Waals surface area contributed by atoms with Gasteiger partial charge >= 0.3 is 0 Å². The number of carbonyl (C=O) groups excluding carboxylic acids is 1. The maximum Gasteiger partial charge on any atom is 0.230 e. The average Bonchev–Trinajstić information content (AvgIpc) is 3.39. The molecule has 0 saturated carbocycles. The van der Waals surface area contributed by atoms with E-state index in [1.165, 1.54) is 4.88 Å². The minimum Gasteiger partial charge on any atom is -0.497 e. The third kappa shape index (κ3) is 3.60. The second-order valence-corrected chi connectivity index (χ2v) is 8.76. The van der Waals surface area contributed by atoms with Crippen LogP contribution in [0.25, 0.3) is 10.6 Å². The Balaban J connectivity index is 1.41. The molecule has 2 saturated heterocycles. The van der Waals surface area contributed by atoms with Crippen LogP contribution in [0.3, 0.4) is 0 Å². The first-order valence-electron chi connectivity index (χ1n) is 9.74. The van der Waals surface area contributed by atoms with Crippen molar-refractivity contribution in [2.45, 2.75) is 32.7 Å². The molecule has 0 aliphatic carbocycles. The number of aromatic nitrogens is 1. The van der Waals surface area contributed by atoms with Crippen molar-refractivity contribution in [2.75, 3.05) is 33.3 Å². The van der Waals surface area contributed by atoms with Gasteiger partial charge in [0.05, 0.1) is 12.5 Å². The number of thiazole rings is 1. The van der Waals surface area contributed by atoms with E-state index >= 15 is 0 Å². The van der Waals surface area contributed by atoms with Crippen molar-refractivity contribution in [3.8, 4) is 16.3 Å². The zero-order valence-corrected chi connectivity index (χ0v) is 16.9. The van der Waals surface area contributed by atoms with Gasteiger partial charge in [0, 0.05) is 42.8 Å². The molecule has 1 spiro atoms. The molecule has 1 amide bonds. The molecule has 3 heterocycles. The Bertz CT molecular complexity index is 821. The van der Waals surface area contributed by atoms with Crippen LogP contribution in [0.4, 0.5) is 0 Å². The van der Waals surface area contributed by atoms with Gasteiger partial charge in [0.2, 0.25) is 5.91 Å². The first kappa shape index (κ1) is 18.4. The molecular formula is C21H27N3O2S. The summed E-state index contributed by atoms with van der Waals surface area (Å²) in [6.45, 7) is 6.74. The molecule has 1 aromatic heterocycles. The molecule has 4 rings (SSSR count). The van der Waals surface area contributed by atoms with Crippen molar-refractivity contribution in [1.82, 2.24) is 14.8 Å². The molecule has 27 heavy (non-hydrogen) atoms. The number of ether oxygens (including phenoxy) is 1. The van der Waals surface area contributed by atoms with E-state index in [0.29, 0.717) is 5.91 Å². The van der Waals surface area contributed by atoms with Crippen LogP contribution in [0.15, 0.2) is 30.5 Å². The Morgan fingerprint density at radius 2 is 2.15 bits per heavy atom. The second-order valence-electron chi connectivity index (χ2n) is 7.65. The number of carbonyl (C=O) groups is 1. The highest BCUT2D eigenvalue weighted by Gasteiger charge is 2.50. The summed E-state index contributed by atoms with van der Waals surface area (Å²) >= 11 is 1.73. The Kier molecular flexibility index (Phi) is 5.19. The molecule has 1 atom stereocenters. The molecule has 1 aromatic carbocycles. The van der Waals surface area contributed by atoms with Crippen molar-refractivity contribution in [3.05, 3.63) is 35.3 Å². The highest BCUT2D eigenvalue weighted by molar-refractivity contribution is 7.15. The van der Waals surface area contributed by atoms with Crippen LogP contribution in [0.2, 0.25) is 0 Å². The van der Waals surface area contributed by atoms with Crippen molar-refractivity contribution in [2.24, 2.45) is 5.41 Å². The van der Waals surface area contributed by atoms with Crippen molar-refractivity contribution in [1.29, 1.82) is 0 Å². The largest absolute Gasteiger partial charge is 0.497 e. The van der Waals surface area contributed by atoms with Crippen LogP contribution >= 0.6 is 11.3 Å². The topological polar surface area (TPSA) is 45.7 Å². The molecule has 6 heteroatoms. The summed E-state index contributed by atoms with van der Waals surface area (Å²) in [6.07, 6.45) is 5.03. The maximum atomic E-state index is 12.8. The van der Waals surface area contributed by atoms with Gasteiger partial charge in [-0.25, -0.2) is 4.98 Å². The molecule has 5 nitrogen and oxygen atoms in total. The SMILES string of the molecule is CCCN1CCC2(CCN(Cc3cnc(-c4cccc(OC)c4)s3)C2)C1=O. The first-order chi connectivity index (χ1) is 13.1. The van der Waals surface area contributed by atoms with E-state index in [1.807, 2.05) is 24.4 Å². The number of rotatable bonds is 6. The quantitative estimate of drug-likeness (QED) is 0.761. The molecular weight excluding hydrogens is 358 g/mol. The van der Waals surface area contributed by atoms with E-state index in [1.54, 1.807) is 18.4 Å². The molecule has 2 aliphatic rings. The van der Waals surface area contributed by atoms with Crippen molar-refractivity contribution < 1.29 is 9.53 Å². The molecule has 0 bridgehead atoms. The van der Waals surface area contributed by atoms with Crippen molar-refractivity contribution in [3.63, 3.8) is 0 Å². The first-order valence-corrected chi connectivity index (χ1v) is 10.6. The molecule has 2 aromatic rings. The van der Waals surface area contributed by atoms with Gasteiger partial charge in [-0.1, -0.05) is 19.1 Å². The number of likely N-dealkylation sites (tertiary alicyclic amines) is 2. The fourth-order valence-electron chi connectivity index (χ4n) is 4.34. The third-order valence-electron chi connectivity index (χ3n) is 5.78. The Labute approximate surface area is 165 Å². The van der Waals surface area contributed by atoms with Gasteiger partial charge in [0.1, 0.15) is 10.8 Å². The lowest BCUT2D eigenvalue weighted by atomic mass is 9.85. The average molecular weight is 386 g/mol. The van der Waals surface area contributed by atoms with Gasteiger partial charge in [0.25, 0.3) is 0 Å². The standard InChI is InChI=1S/C21H27N3O2S/c1-3-9-24-11-8-21(20(24)25)7-10-23(15-21)14-18-13-22-19(27-18)16-5-4-6-17(12-16)26-2/h4-6,12-13H,3,7-11,14-15H2,1-2H3. The van der Waals surface area contributed by atoms with Crippen LogP contribution in [0.5, 0.6) is 5.75 Å². The predicted molar refractivity (Wildman–Crippen MR) is 108 cm³/mol. The lowest BCUT2D eigenvalue weighted by molar-refractivity contribution is -0.135. The zero-order chi connectivity index (χ0) is 18.9. The number of nitrogens with zero attached hydrogens (tertiary/aromatic N) is 3. The molecule has 144 valence electrons. The molecule has 0 N–H and O–H groups in total. The summed E-state index contributed by atoms with van der Waals surface area (Å²) in [5, 5.41) is 1.02. The Morgan fingerprint density at radius 1 is 1.30 bits per heavy atom. The monoisotopic (exact) mass is 385 g/mol. The number of hydrogen-bond acceptors (Lipinski definition) is 5. The maximum absolute atomic E-state index is 12.8. The summed E-state index contributed by atoms with van der Waals surface area (Å²) in [5.74, 6) is 1.23. The van der Waals surface area contributed by atoms with Crippen molar-refractivity contribution >= 4 is 17.2 Å². The lowest BCUT2D eigenvalue weighted by Gasteiger charge is -2.23. The van der Waals surface area contributed by atoms with Crippen LogP contribution < -0.4 is 4.74 Å². The molecule has 2 aliphatic heterocycles. The Hall–Kier alpha value is -1.92. The van der Waals surface area contributed by atoms with E-state index in [4.69, 9.17) is 4.74 Å². The number of amides is 1. The van der Waals surface area contributed by atoms with E-state index in [2.05, 4.69) is 27.8 Å². The minimum absolute atomic E-state index is 0.129. The number of methoxy groups -OCH3 is 1. The summed E-state index contributed by atoms with van der Waals surface area (Å²) in [7, 11) is 1.68. The van der Waals surface area contributed by atoms with E-state index in [-0.39, 0.29) is 5.41 Å². The van der Waals surface area contributed by atoms with E-state index in [9.17, 15) is 4.79 Å². The predicted octanol–water partition coefficient (Wildman–Crippen LogP) is 3.65. The molecule has 2 fully saturated rings. The smallest absolute Gasteiger partial charge is 0.230 e. The summed E-state index contributed by atoms with van der Waals surface area (Å²) in [6, 6.07) is 8.03.